The third-order valence-corrected chi connectivity index (χ3v) is 17.2. The molecule has 0 spiro atoms. The number of halogens is 5. The van der Waals surface area contributed by atoms with Crippen molar-refractivity contribution in [2.75, 3.05) is 44.7 Å². The van der Waals surface area contributed by atoms with Gasteiger partial charge in [0.15, 0.2) is 11.6 Å². The van der Waals surface area contributed by atoms with Gasteiger partial charge in [0.25, 0.3) is 0 Å². The zero-order valence-electron chi connectivity index (χ0n) is 46.9. The number of aryl methyl sites for hydroxylation is 3. The minimum atomic E-state index is -0.513. The fourth-order valence-electron chi connectivity index (χ4n) is 12.8. The van der Waals surface area contributed by atoms with E-state index in [0.717, 1.165) is 85.7 Å². The Morgan fingerprint density at radius 2 is 1.62 bits per heavy atom. The lowest BCUT2D eigenvalue weighted by Gasteiger charge is -2.39. The van der Waals surface area contributed by atoms with Crippen LogP contribution in [0.15, 0.2) is 105 Å². The molecule has 4 aromatic carbocycles. The number of nitrogens with one attached hydrogen (secondary N) is 2. The Kier molecular flexibility index (Phi) is 22.3. The van der Waals surface area contributed by atoms with E-state index in [9.17, 15) is 0 Å². The van der Waals surface area contributed by atoms with Crippen LogP contribution in [0, 0.1) is 42.0 Å². The highest BCUT2D eigenvalue weighted by Crippen LogP contribution is 2.56. The van der Waals surface area contributed by atoms with Gasteiger partial charge in [0.05, 0.1) is 10.4 Å². The lowest BCUT2D eigenvalue weighted by Crippen LogP contribution is -2.46. The number of anilines is 1. The van der Waals surface area contributed by atoms with Crippen molar-refractivity contribution < 1.29 is 17.6 Å². The Balaban J connectivity index is 0.000000245. The van der Waals surface area contributed by atoms with Gasteiger partial charge in [0.1, 0.15) is 23.0 Å². The SMILES string of the molecule is C=CN.C=CNCCC(CCC1CCCCC1)CN1CCC(c2c(F)cc3c(N(C)CCC(=C)NC=C)nn(C)c3c2F)CC1.CCCc1ccc(C)c(-c2c(Cl)c(F)cc3c2[C@H](C)C(c2ccccc2)([C@H](C)N)C3)c1F. The average molecular weight is 1080 g/mol. The van der Waals surface area contributed by atoms with Crippen LogP contribution in [0.25, 0.3) is 22.0 Å². The van der Waals surface area contributed by atoms with Crippen molar-refractivity contribution in [3.05, 3.63) is 167 Å². The summed E-state index contributed by atoms with van der Waals surface area (Å²) in [7, 11) is 3.62. The van der Waals surface area contributed by atoms with E-state index >= 15 is 17.6 Å². The third kappa shape index (κ3) is 14.0. The topological polar surface area (TPSA) is 100 Å². The van der Waals surface area contributed by atoms with E-state index in [1.807, 2.05) is 63.1 Å². The number of piperidine rings is 1. The highest BCUT2D eigenvalue weighted by molar-refractivity contribution is 6.34. The molecule has 2 aliphatic carbocycles. The van der Waals surface area contributed by atoms with E-state index in [4.69, 9.17) is 17.3 Å². The van der Waals surface area contributed by atoms with E-state index in [2.05, 4.69) is 71.7 Å². The zero-order valence-corrected chi connectivity index (χ0v) is 47.7. The largest absolute Gasteiger partial charge is 0.405 e. The molecule has 0 bridgehead atoms. The second kappa shape index (κ2) is 28.4. The molecule has 0 radical (unpaired) electrons. The monoisotopic (exact) mass is 1080 g/mol. The van der Waals surface area contributed by atoms with Gasteiger partial charge in [0.2, 0.25) is 0 Å². The smallest absolute Gasteiger partial charge is 0.158 e. The predicted octanol–water partition coefficient (Wildman–Crippen LogP) is 14.8. The molecule has 1 saturated carbocycles. The predicted molar refractivity (Wildman–Crippen MR) is 315 cm³/mol. The van der Waals surface area contributed by atoms with Gasteiger partial charge in [-0.2, -0.15) is 5.10 Å². The zero-order chi connectivity index (χ0) is 56.0. The first-order chi connectivity index (χ1) is 37.0. The molecular weight excluding hydrogens is 992 g/mol. The molecule has 77 heavy (non-hydrogen) atoms. The molecule has 1 saturated heterocycles. The molecule has 13 heteroatoms. The lowest BCUT2D eigenvalue weighted by atomic mass is 9.66. The van der Waals surface area contributed by atoms with Crippen molar-refractivity contribution in [3.63, 3.8) is 0 Å². The average Bonchev–Trinajstić information content (AvgIpc) is 3.92. The second-order valence-electron chi connectivity index (χ2n) is 22.0. The lowest BCUT2D eigenvalue weighted by molar-refractivity contribution is 0.166. The third-order valence-electron chi connectivity index (χ3n) is 16.9. The Morgan fingerprint density at radius 3 is 2.26 bits per heavy atom. The molecule has 0 amide bonds. The summed E-state index contributed by atoms with van der Waals surface area (Å²) < 4.78 is 64.1. The highest BCUT2D eigenvalue weighted by atomic mass is 35.5. The fourth-order valence-corrected chi connectivity index (χ4v) is 13.0. The number of rotatable bonds is 21. The van der Waals surface area contributed by atoms with Gasteiger partial charge < -0.3 is 31.9 Å². The molecule has 5 aromatic rings. The molecule has 3 aliphatic rings. The first-order valence-electron chi connectivity index (χ1n) is 28.1. The maximum atomic E-state index is 16.0. The Labute approximate surface area is 463 Å². The summed E-state index contributed by atoms with van der Waals surface area (Å²) in [6.07, 6.45) is 19.5. The highest BCUT2D eigenvalue weighted by Gasteiger charge is 2.49. The van der Waals surface area contributed by atoms with Crippen LogP contribution in [0.1, 0.15) is 143 Å². The molecule has 1 aliphatic heterocycles. The number of hydrogen-bond acceptors (Lipinski definition) is 7. The van der Waals surface area contributed by atoms with Crippen LogP contribution < -0.4 is 27.0 Å². The van der Waals surface area contributed by atoms with Crippen LogP contribution in [-0.4, -0.2) is 60.5 Å². The summed E-state index contributed by atoms with van der Waals surface area (Å²) in [6, 6.07) is 16.7. The number of nitrogens with two attached hydrogens (primary N) is 2. The molecule has 2 heterocycles. The molecule has 8 rings (SSSR count). The van der Waals surface area contributed by atoms with Crippen molar-refractivity contribution in [1.29, 1.82) is 0 Å². The molecular formula is C64H87ClF4N8. The van der Waals surface area contributed by atoms with Crippen LogP contribution in [-0.2, 0) is 25.3 Å². The summed E-state index contributed by atoms with van der Waals surface area (Å²) in [4.78, 5) is 4.45. The van der Waals surface area contributed by atoms with Crippen LogP contribution in [0.5, 0.6) is 0 Å². The van der Waals surface area contributed by atoms with E-state index in [-0.39, 0.29) is 34.3 Å². The first kappa shape index (κ1) is 60.7. The Morgan fingerprint density at radius 1 is 0.935 bits per heavy atom. The summed E-state index contributed by atoms with van der Waals surface area (Å²) in [5.74, 6) is 0.170. The normalized spacial score (nSPS) is 18.5. The second-order valence-corrected chi connectivity index (χ2v) is 22.3. The maximum absolute atomic E-state index is 16.0. The Hall–Kier alpha value is -5.56. The van der Waals surface area contributed by atoms with Crippen molar-refractivity contribution in [1.82, 2.24) is 25.3 Å². The van der Waals surface area contributed by atoms with Gasteiger partial charge >= 0.3 is 0 Å². The van der Waals surface area contributed by atoms with Gasteiger partial charge in [-0.3, -0.25) is 4.68 Å². The summed E-state index contributed by atoms with van der Waals surface area (Å²) in [6.45, 7) is 26.9. The van der Waals surface area contributed by atoms with Crippen LogP contribution in [0.2, 0.25) is 5.02 Å². The van der Waals surface area contributed by atoms with E-state index in [1.165, 1.54) is 63.3 Å². The summed E-state index contributed by atoms with van der Waals surface area (Å²) in [5.41, 5.74) is 17.4. The van der Waals surface area contributed by atoms with Crippen molar-refractivity contribution in [3.8, 4) is 11.1 Å². The van der Waals surface area contributed by atoms with Gasteiger partial charge in [0, 0.05) is 74.0 Å². The molecule has 1 aromatic heterocycles. The van der Waals surface area contributed by atoms with Gasteiger partial charge in [-0.15, -0.1) is 0 Å². The van der Waals surface area contributed by atoms with Gasteiger partial charge in [-0.05, 0) is 148 Å². The molecule has 8 nitrogen and oxygen atoms in total. The van der Waals surface area contributed by atoms with E-state index in [1.54, 1.807) is 24.1 Å². The molecule has 418 valence electrons. The van der Waals surface area contributed by atoms with Crippen LogP contribution in [0.3, 0.4) is 0 Å². The molecule has 2 fully saturated rings. The number of aromatic nitrogens is 2. The molecule has 2 unspecified atom stereocenters. The maximum Gasteiger partial charge on any atom is 0.158 e. The number of hydrogen-bond donors (Lipinski definition) is 4. The van der Waals surface area contributed by atoms with E-state index < -0.39 is 22.9 Å². The van der Waals surface area contributed by atoms with Crippen molar-refractivity contribution in [2.45, 2.75) is 141 Å². The van der Waals surface area contributed by atoms with Crippen LogP contribution >= 0.6 is 11.6 Å². The van der Waals surface area contributed by atoms with Gasteiger partial charge in [-0.1, -0.05) is 139 Å². The number of nitrogens with zero attached hydrogens (tertiary/aromatic N) is 4. The molecule has 6 N–H and O–H groups in total. The van der Waals surface area contributed by atoms with E-state index in [0.29, 0.717) is 65.1 Å². The quantitative estimate of drug-likeness (QED) is 0.0429. The molecule has 4 atom stereocenters. The Bertz CT molecular complexity index is 2780. The standard InChI is InChI=1S/C34H52F2N6.C28H30ClF2N.C2H5N/c1-6-37-19-15-27(14-13-26-11-9-8-10-12-26)24-42-21-17-28(18-22-42)31-30(35)23-29-33(32(31)36)41(5)39-34(29)40(4)20-16-25(3)38-7-2;1-5-9-19-13-12-16(2)23(27(19)31)25-24-17(3)28(18(4)32,21-10-7-6-8-11-21)15-20(24)14-22(30)26(25)29;1-2-3/h6-7,23,26-28,37-38H,1-3,8-22,24H2,4-5H3;6-8,10-14,17-18H,5,9,15,32H2,1-4H3;2H,1,3H2/t;17-,18-,28?;/m.0./s1. The summed E-state index contributed by atoms with van der Waals surface area (Å²) >= 11 is 6.60. The number of benzene rings is 4. The first-order valence-corrected chi connectivity index (χ1v) is 28.5. The number of fused-ring (bicyclic) bond motifs is 2. The summed E-state index contributed by atoms with van der Waals surface area (Å²) in [5, 5.41) is 11.3. The van der Waals surface area contributed by atoms with Gasteiger partial charge in [-0.25, -0.2) is 17.6 Å². The fraction of sp³-hybridized carbons (Fsp3) is 0.484. The van der Waals surface area contributed by atoms with Crippen molar-refractivity contribution in [2.24, 2.45) is 30.4 Å². The minimum Gasteiger partial charge on any atom is -0.405 e. The van der Waals surface area contributed by atoms with Crippen LogP contribution in [0.4, 0.5) is 23.4 Å². The number of likely N-dealkylation sites (tertiary alicyclic amines) is 1. The van der Waals surface area contributed by atoms with Crippen molar-refractivity contribution >= 4 is 28.3 Å². The minimum absolute atomic E-state index is 0.0141.